The molecule has 0 aliphatic rings. The van der Waals surface area contributed by atoms with Gasteiger partial charge in [-0.15, -0.1) is 0 Å². The summed E-state index contributed by atoms with van der Waals surface area (Å²) in [5.74, 6) is -0.118. The Morgan fingerprint density at radius 1 is 1.40 bits per heavy atom. The van der Waals surface area contributed by atoms with E-state index in [9.17, 15) is 9.59 Å². The second-order valence-electron chi connectivity index (χ2n) is 4.74. The van der Waals surface area contributed by atoms with Gasteiger partial charge in [-0.25, -0.2) is 0 Å². The summed E-state index contributed by atoms with van der Waals surface area (Å²) in [4.78, 5) is 22.5. The zero-order valence-electron chi connectivity index (χ0n) is 10.3. The number of aldehydes is 1. The Bertz CT molecular complexity index is 217. The summed E-state index contributed by atoms with van der Waals surface area (Å²) in [5, 5.41) is 5.64. The van der Waals surface area contributed by atoms with Crippen LogP contribution in [-0.2, 0) is 9.59 Å². The topological polar surface area (TPSA) is 58.2 Å². The van der Waals surface area contributed by atoms with Crippen LogP contribution >= 0.6 is 0 Å². The van der Waals surface area contributed by atoms with Gasteiger partial charge in [0, 0.05) is 0 Å². The fraction of sp³-hybridized carbons (Fsp3) is 0.818. The molecule has 2 unspecified atom stereocenters. The number of amides is 1. The lowest BCUT2D eigenvalue weighted by Gasteiger charge is -2.28. The molecule has 0 aromatic rings. The highest BCUT2D eigenvalue weighted by molar-refractivity contribution is 5.84. The second kappa shape index (κ2) is 5.85. The summed E-state index contributed by atoms with van der Waals surface area (Å²) in [5.41, 5.74) is -0.247. The van der Waals surface area contributed by atoms with E-state index < -0.39 is 6.04 Å². The van der Waals surface area contributed by atoms with Crippen molar-refractivity contribution in [1.29, 1.82) is 0 Å². The quantitative estimate of drug-likeness (QED) is 0.663. The van der Waals surface area contributed by atoms with Crippen LogP contribution in [0.25, 0.3) is 0 Å². The Labute approximate surface area is 91.8 Å². The van der Waals surface area contributed by atoms with Crippen molar-refractivity contribution in [2.45, 2.75) is 46.2 Å². The minimum Gasteiger partial charge on any atom is -0.345 e. The van der Waals surface area contributed by atoms with E-state index in [0.29, 0.717) is 6.42 Å². The van der Waals surface area contributed by atoms with Gasteiger partial charge in [-0.05, 0) is 18.9 Å². The molecule has 0 aliphatic heterocycles. The van der Waals surface area contributed by atoms with E-state index in [4.69, 9.17) is 0 Å². The maximum Gasteiger partial charge on any atom is 0.237 e. The van der Waals surface area contributed by atoms with Crippen molar-refractivity contribution in [3.63, 3.8) is 0 Å². The molecule has 0 spiro atoms. The van der Waals surface area contributed by atoms with E-state index in [0.717, 1.165) is 6.29 Å². The van der Waals surface area contributed by atoms with E-state index in [1.165, 1.54) is 0 Å². The van der Waals surface area contributed by atoms with Crippen molar-refractivity contribution in [1.82, 2.24) is 10.6 Å². The number of carbonyl (C=O) groups excluding carboxylic acids is 2. The molecule has 0 saturated heterocycles. The molecule has 0 rings (SSSR count). The lowest BCUT2D eigenvalue weighted by Crippen LogP contribution is -2.51. The van der Waals surface area contributed by atoms with Gasteiger partial charge in [0.25, 0.3) is 0 Å². The molecule has 0 fully saturated rings. The predicted octanol–water partition coefficient (Wildman–Crippen LogP) is 0.714. The Morgan fingerprint density at radius 2 is 1.93 bits per heavy atom. The van der Waals surface area contributed by atoms with E-state index in [-0.39, 0.29) is 17.4 Å². The van der Waals surface area contributed by atoms with Crippen molar-refractivity contribution >= 4 is 12.2 Å². The SMILES string of the molecule is CCC(NC)C(=O)NC(C=O)C(C)(C)C. The van der Waals surface area contributed by atoms with Gasteiger partial charge in [0.1, 0.15) is 6.29 Å². The van der Waals surface area contributed by atoms with Crippen molar-refractivity contribution in [3.05, 3.63) is 0 Å². The van der Waals surface area contributed by atoms with Crippen LogP contribution in [0.3, 0.4) is 0 Å². The molecule has 0 aliphatic carbocycles. The van der Waals surface area contributed by atoms with Gasteiger partial charge in [-0.3, -0.25) is 4.79 Å². The van der Waals surface area contributed by atoms with Crippen LogP contribution in [0.2, 0.25) is 0 Å². The fourth-order valence-electron chi connectivity index (χ4n) is 1.23. The lowest BCUT2D eigenvalue weighted by atomic mass is 9.87. The fourth-order valence-corrected chi connectivity index (χ4v) is 1.23. The minimum atomic E-state index is -0.438. The maximum atomic E-state index is 11.7. The van der Waals surface area contributed by atoms with Crippen molar-refractivity contribution in [2.24, 2.45) is 5.41 Å². The van der Waals surface area contributed by atoms with Crippen LogP contribution < -0.4 is 10.6 Å². The monoisotopic (exact) mass is 214 g/mol. The molecule has 2 N–H and O–H groups in total. The highest BCUT2D eigenvalue weighted by Crippen LogP contribution is 2.17. The molecule has 0 saturated carbocycles. The van der Waals surface area contributed by atoms with Crippen LogP contribution in [0.4, 0.5) is 0 Å². The number of hydrogen-bond acceptors (Lipinski definition) is 3. The Balaban J connectivity index is 4.43. The molecule has 0 heterocycles. The second-order valence-corrected chi connectivity index (χ2v) is 4.74. The van der Waals surface area contributed by atoms with Crippen LogP contribution in [0.5, 0.6) is 0 Å². The molecule has 0 aromatic heterocycles. The van der Waals surface area contributed by atoms with Crippen LogP contribution in [0.1, 0.15) is 34.1 Å². The smallest absolute Gasteiger partial charge is 0.237 e. The third-order valence-corrected chi connectivity index (χ3v) is 2.44. The average molecular weight is 214 g/mol. The first-order valence-electron chi connectivity index (χ1n) is 5.29. The Kier molecular flexibility index (Phi) is 5.50. The van der Waals surface area contributed by atoms with Gasteiger partial charge in [0.15, 0.2) is 0 Å². The standard InChI is InChI=1S/C11H22N2O2/c1-6-8(12-5)10(15)13-9(7-14)11(2,3)4/h7-9,12H,6H2,1-5H3,(H,13,15). The average Bonchev–Trinajstić information content (AvgIpc) is 2.14. The van der Waals surface area contributed by atoms with Gasteiger partial charge >= 0.3 is 0 Å². The largest absolute Gasteiger partial charge is 0.345 e. The minimum absolute atomic E-state index is 0.118. The summed E-state index contributed by atoms with van der Waals surface area (Å²) in [7, 11) is 1.74. The predicted molar refractivity (Wildman–Crippen MR) is 60.6 cm³/mol. The highest BCUT2D eigenvalue weighted by atomic mass is 16.2. The molecule has 4 nitrogen and oxygen atoms in total. The van der Waals surface area contributed by atoms with E-state index in [1.807, 2.05) is 27.7 Å². The number of rotatable bonds is 5. The highest BCUT2D eigenvalue weighted by Gasteiger charge is 2.27. The third-order valence-electron chi connectivity index (χ3n) is 2.44. The maximum absolute atomic E-state index is 11.7. The zero-order valence-corrected chi connectivity index (χ0v) is 10.3. The Hall–Kier alpha value is -0.900. The zero-order chi connectivity index (χ0) is 12.1. The molecular weight excluding hydrogens is 192 g/mol. The molecule has 88 valence electrons. The molecule has 0 aromatic carbocycles. The number of carbonyl (C=O) groups is 2. The normalized spacial score (nSPS) is 15.5. The van der Waals surface area contributed by atoms with Crippen molar-refractivity contribution in [3.8, 4) is 0 Å². The number of hydrogen-bond donors (Lipinski definition) is 2. The molecule has 0 bridgehead atoms. The molecule has 4 heteroatoms. The first kappa shape index (κ1) is 14.1. The summed E-state index contributed by atoms with van der Waals surface area (Å²) in [6.07, 6.45) is 1.50. The number of likely N-dealkylation sites (N-methyl/N-ethyl adjacent to an activating group) is 1. The van der Waals surface area contributed by atoms with Crippen molar-refractivity contribution in [2.75, 3.05) is 7.05 Å². The molecule has 2 atom stereocenters. The van der Waals surface area contributed by atoms with Crippen LogP contribution in [0.15, 0.2) is 0 Å². The summed E-state index contributed by atoms with van der Waals surface area (Å²) in [6, 6.07) is -0.665. The summed E-state index contributed by atoms with van der Waals surface area (Å²) >= 11 is 0. The van der Waals surface area contributed by atoms with Crippen LogP contribution in [-0.4, -0.2) is 31.3 Å². The first-order chi connectivity index (χ1) is 6.86. The first-order valence-corrected chi connectivity index (χ1v) is 5.29. The summed E-state index contributed by atoms with van der Waals surface area (Å²) in [6.45, 7) is 7.69. The summed E-state index contributed by atoms with van der Waals surface area (Å²) < 4.78 is 0. The van der Waals surface area contributed by atoms with Gasteiger partial charge in [-0.2, -0.15) is 0 Å². The van der Waals surface area contributed by atoms with Gasteiger partial charge in [-0.1, -0.05) is 27.7 Å². The van der Waals surface area contributed by atoms with Gasteiger partial charge in [0.05, 0.1) is 12.1 Å². The third kappa shape index (κ3) is 4.42. The Morgan fingerprint density at radius 3 is 2.20 bits per heavy atom. The molecular formula is C11H22N2O2. The van der Waals surface area contributed by atoms with E-state index >= 15 is 0 Å². The van der Waals surface area contributed by atoms with Gasteiger partial charge in [0.2, 0.25) is 5.91 Å². The van der Waals surface area contributed by atoms with Crippen molar-refractivity contribution < 1.29 is 9.59 Å². The molecule has 15 heavy (non-hydrogen) atoms. The lowest BCUT2D eigenvalue weighted by molar-refractivity contribution is -0.127. The van der Waals surface area contributed by atoms with E-state index in [2.05, 4.69) is 10.6 Å². The van der Waals surface area contributed by atoms with Gasteiger partial charge < -0.3 is 15.4 Å². The number of nitrogens with one attached hydrogen (secondary N) is 2. The molecule has 1 amide bonds. The molecule has 0 radical (unpaired) electrons. The van der Waals surface area contributed by atoms with Crippen LogP contribution in [0, 0.1) is 5.41 Å². The van der Waals surface area contributed by atoms with E-state index in [1.54, 1.807) is 7.05 Å².